The van der Waals surface area contributed by atoms with Gasteiger partial charge in [0.15, 0.2) is 0 Å². The van der Waals surface area contributed by atoms with E-state index in [0.717, 1.165) is 30.5 Å². The number of likely N-dealkylation sites (tertiary alicyclic amines) is 1. The maximum Gasteiger partial charge on any atom is 0.251 e. The highest BCUT2D eigenvalue weighted by atomic mass is 79.9. The molecule has 1 N–H and O–H groups in total. The molecular weight excluding hydrogens is 402 g/mol. The van der Waals surface area contributed by atoms with E-state index in [-0.39, 0.29) is 11.9 Å². The number of hydrogen-bond acceptors (Lipinski definition) is 3. The summed E-state index contributed by atoms with van der Waals surface area (Å²) in [4.78, 5) is 17.4. The van der Waals surface area contributed by atoms with Crippen LogP contribution in [0.5, 0.6) is 0 Å². The zero-order valence-electron chi connectivity index (χ0n) is 15.7. The van der Waals surface area contributed by atoms with E-state index in [1.165, 1.54) is 29.7 Å². The van der Waals surface area contributed by atoms with Crippen molar-refractivity contribution in [3.8, 4) is 0 Å². The average molecular weight is 428 g/mol. The first-order valence-electron chi connectivity index (χ1n) is 9.73. The lowest BCUT2D eigenvalue weighted by Gasteiger charge is -2.29. The van der Waals surface area contributed by atoms with Gasteiger partial charge in [0.1, 0.15) is 0 Å². The van der Waals surface area contributed by atoms with E-state index in [1.54, 1.807) is 0 Å². The molecule has 142 valence electrons. The largest absolute Gasteiger partial charge is 0.374 e. The molecule has 0 unspecified atom stereocenters. The SMILES string of the molecule is CN1CCc2cc([C@@H](CNC(=O)c3ccc(Br)cc3)N3CCCC3)ccc21. The van der Waals surface area contributed by atoms with Crippen LogP contribution < -0.4 is 10.2 Å². The highest BCUT2D eigenvalue weighted by Crippen LogP contribution is 2.32. The quantitative estimate of drug-likeness (QED) is 0.782. The second-order valence-electron chi connectivity index (χ2n) is 7.54. The van der Waals surface area contributed by atoms with Gasteiger partial charge in [0.05, 0.1) is 6.04 Å². The van der Waals surface area contributed by atoms with Gasteiger partial charge >= 0.3 is 0 Å². The minimum atomic E-state index is -0.00686. The molecular formula is C22H26BrN3O. The fourth-order valence-corrected chi connectivity index (χ4v) is 4.46. The fourth-order valence-electron chi connectivity index (χ4n) is 4.20. The molecule has 5 heteroatoms. The van der Waals surface area contributed by atoms with Gasteiger partial charge in [0.2, 0.25) is 0 Å². The molecule has 2 heterocycles. The number of likely N-dealkylation sites (N-methyl/N-ethyl adjacent to an activating group) is 1. The van der Waals surface area contributed by atoms with E-state index in [4.69, 9.17) is 0 Å². The molecule has 0 aliphatic carbocycles. The Morgan fingerprint density at radius 3 is 2.59 bits per heavy atom. The number of nitrogens with one attached hydrogen (secondary N) is 1. The van der Waals surface area contributed by atoms with Gasteiger partial charge in [0.25, 0.3) is 5.91 Å². The van der Waals surface area contributed by atoms with E-state index in [9.17, 15) is 4.79 Å². The van der Waals surface area contributed by atoms with Crippen molar-refractivity contribution in [1.29, 1.82) is 0 Å². The standard InChI is InChI=1S/C22H26BrN3O/c1-25-13-10-18-14-17(6-9-20(18)25)21(26-11-2-3-12-26)15-24-22(27)16-4-7-19(23)8-5-16/h4-9,14,21H,2-3,10-13,15H2,1H3,(H,24,27)/t21-/m1/s1. The van der Waals surface area contributed by atoms with E-state index >= 15 is 0 Å². The number of nitrogens with zero attached hydrogens (tertiary/aromatic N) is 2. The lowest BCUT2D eigenvalue weighted by molar-refractivity contribution is 0.0938. The van der Waals surface area contributed by atoms with Crippen molar-refractivity contribution in [2.24, 2.45) is 0 Å². The summed E-state index contributed by atoms with van der Waals surface area (Å²) >= 11 is 3.42. The summed E-state index contributed by atoms with van der Waals surface area (Å²) in [5, 5.41) is 3.16. The van der Waals surface area contributed by atoms with Crippen LogP contribution in [-0.2, 0) is 6.42 Å². The molecule has 4 nitrogen and oxygen atoms in total. The van der Waals surface area contributed by atoms with Crippen LogP contribution in [0.4, 0.5) is 5.69 Å². The first-order valence-corrected chi connectivity index (χ1v) is 10.5. The Morgan fingerprint density at radius 1 is 1.11 bits per heavy atom. The summed E-state index contributed by atoms with van der Waals surface area (Å²) < 4.78 is 0.983. The van der Waals surface area contributed by atoms with E-state index in [2.05, 4.69) is 56.3 Å². The van der Waals surface area contributed by atoms with Crippen LogP contribution >= 0.6 is 15.9 Å². The topological polar surface area (TPSA) is 35.6 Å². The molecule has 2 aliphatic heterocycles. The van der Waals surface area contributed by atoms with E-state index < -0.39 is 0 Å². The number of carbonyl (C=O) groups excluding carboxylic acids is 1. The predicted octanol–water partition coefficient (Wildman–Crippen LogP) is 4.01. The molecule has 2 aliphatic rings. The van der Waals surface area contributed by atoms with Crippen LogP contribution in [0, 0.1) is 0 Å². The van der Waals surface area contributed by atoms with Gasteiger partial charge in [-0.3, -0.25) is 9.69 Å². The molecule has 0 radical (unpaired) electrons. The van der Waals surface area contributed by atoms with Crippen molar-refractivity contribution in [3.05, 3.63) is 63.6 Å². The highest BCUT2D eigenvalue weighted by molar-refractivity contribution is 9.10. The number of carbonyl (C=O) groups is 1. The van der Waals surface area contributed by atoms with Crippen LogP contribution in [0.1, 0.15) is 40.4 Å². The molecule has 1 atom stereocenters. The Labute approximate surface area is 169 Å². The molecule has 0 aromatic heterocycles. The molecule has 1 amide bonds. The lowest BCUT2D eigenvalue weighted by Crippen LogP contribution is -2.36. The first-order chi connectivity index (χ1) is 13.1. The second kappa shape index (κ2) is 8.03. The number of amides is 1. The molecule has 0 spiro atoms. The maximum absolute atomic E-state index is 12.6. The summed E-state index contributed by atoms with van der Waals surface area (Å²) in [6.07, 6.45) is 3.59. The smallest absolute Gasteiger partial charge is 0.251 e. The molecule has 1 fully saturated rings. The Kier molecular flexibility index (Phi) is 5.50. The van der Waals surface area contributed by atoms with Gasteiger partial charge in [-0.1, -0.05) is 28.1 Å². The van der Waals surface area contributed by atoms with Crippen LogP contribution in [0.25, 0.3) is 0 Å². The van der Waals surface area contributed by atoms with Crippen molar-refractivity contribution >= 4 is 27.5 Å². The van der Waals surface area contributed by atoms with Crippen LogP contribution in [0.2, 0.25) is 0 Å². The van der Waals surface area contributed by atoms with Gasteiger partial charge < -0.3 is 10.2 Å². The normalized spacial score (nSPS) is 17.8. The van der Waals surface area contributed by atoms with Gasteiger partial charge in [-0.2, -0.15) is 0 Å². The zero-order chi connectivity index (χ0) is 18.8. The lowest BCUT2D eigenvalue weighted by atomic mass is 10.0. The van der Waals surface area contributed by atoms with Crippen LogP contribution in [-0.4, -0.2) is 44.0 Å². The Bertz CT molecular complexity index is 815. The minimum absolute atomic E-state index is 0.00686. The molecule has 2 aromatic rings. The molecule has 4 rings (SSSR count). The molecule has 1 saturated heterocycles. The third-order valence-corrected chi connectivity index (χ3v) is 6.29. The Balaban J connectivity index is 1.51. The van der Waals surface area contributed by atoms with Gasteiger partial charge in [0, 0.05) is 35.9 Å². The fraction of sp³-hybridized carbons (Fsp3) is 0.409. The number of fused-ring (bicyclic) bond motifs is 1. The molecule has 0 bridgehead atoms. The van der Waals surface area contributed by atoms with Crippen molar-refractivity contribution in [2.45, 2.75) is 25.3 Å². The number of benzene rings is 2. The summed E-state index contributed by atoms with van der Waals surface area (Å²) in [5.74, 6) is -0.00686. The summed E-state index contributed by atoms with van der Waals surface area (Å²) in [5.41, 5.74) is 4.80. The zero-order valence-corrected chi connectivity index (χ0v) is 17.3. The minimum Gasteiger partial charge on any atom is -0.374 e. The summed E-state index contributed by atoms with van der Waals surface area (Å²) in [7, 11) is 2.15. The Morgan fingerprint density at radius 2 is 1.85 bits per heavy atom. The van der Waals surface area contributed by atoms with Crippen LogP contribution in [0.3, 0.4) is 0 Å². The monoisotopic (exact) mass is 427 g/mol. The van der Waals surface area contributed by atoms with E-state index in [0.29, 0.717) is 12.1 Å². The van der Waals surface area contributed by atoms with Crippen molar-refractivity contribution in [2.75, 3.05) is 38.1 Å². The number of anilines is 1. The third kappa shape index (κ3) is 4.04. The average Bonchev–Trinajstić information content (AvgIpc) is 3.33. The van der Waals surface area contributed by atoms with Gasteiger partial charge in [-0.05, 0) is 73.8 Å². The number of halogens is 1. The molecule has 0 saturated carbocycles. The predicted molar refractivity (Wildman–Crippen MR) is 113 cm³/mol. The third-order valence-electron chi connectivity index (χ3n) is 5.76. The molecule has 27 heavy (non-hydrogen) atoms. The summed E-state index contributed by atoms with van der Waals surface area (Å²) in [6.45, 7) is 3.95. The van der Waals surface area contributed by atoms with Crippen molar-refractivity contribution in [1.82, 2.24) is 10.2 Å². The van der Waals surface area contributed by atoms with Crippen molar-refractivity contribution in [3.63, 3.8) is 0 Å². The highest BCUT2D eigenvalue weighted by Gasteiger charge is 2.26. The van der Waals surface area contributed by atoms with Crippen LogP contribution in [0.15, 0.2) is 46.9 Å². The first kappa shape index (κ1) is 18.5. The summed E-state index contributed by atoms with van der Waals surface area (Å²) in [6, 6.07) is 14.6. The number of rotatable bonds is 5. The van der Waals surface area contributed by atoms with Gasteiger partial charge in [-0.25, -0.2) is 0 Å². The van der Waals surface area contributed by atoms with E-state index in [1.807, 2.05) is 24.3 Å². The Hall–Kier alpha value is -1.85. The maximum atomic E-state index is 12.6. The number of hydrogen-bond donors (Lipinski definition) is 1. The van der Waals surface area contributed by atoms with Gasteiger partial charge in [-0.15, -0.1) is 0 Å². The van der Waals surface area contributed by atoms with Crippen molar-refractivity contribution < 1.29 is 4.79 Å². The second-order valence-corrected chi connectivity index (χ2v) is 8.45. The molecule has 2 aromatic carbocycles.